The van der Waals surface area contributed by atoms with Gasteiger partial charge in [-0.2, -0.15) is 0 Å². The highest BCUT2D eigenvalue weighted by Gasteiger charge is 2.08. The third kappa shape index (κ3) is 1.93. The van der Waals surface area contributed by atoms with Gasteiger partial charge in [0.1, 0.15) is 11.5 Å². The molecule has 0 saturated heterocycles. The Morgan fingerprint density at radius 2 is 1.76 bits per heavy atom. The number of nitrogens with two attached hydrogens (primary N) is 1. The van der Waals surface area contributed by atoms with E-state index in [4.69, 9.17) is 5.73 Å². The van der Waals surface area contributed by atoms with Gasteiger partial charge in [0.25, 0.3) is 5.56 Å². The van der Waals surface area contributed by atoms with Gasteiger partial charge in [-0.25, -0.2) is 4.39 Å². The van der Waals surface area contributed by atoms with Gasteiger partial charge < -0.3 is 5.73 Å². The van der Waals surface area contributed by atoms with Gasteiger partial charge in [0.15, 0.2) is 0 Å². The number of nitrogen functional groups attached to an aromatic ring is 1. The number of benzene rings is 1. The molecule has 1 aromatic heterocycles. The normalized spacial score (nSPS) is 10.5. The number of pyridine rings is 1. The van der Waals surface area contributed by atoms with Crippen LogP contribution in [0, 0.1) is 19.7 Å². The first-order chi connectivity index (χ1) is 8.00. The Kier molecular flexibility index (Phi) is 2.71. The summed E-state index contributed by atoms with van der Waals surface area (Å²) in [5.74, 6) is -0.334. The van der Waals surface area contributed by atoms with Crippen molar-refractivity contribution in [2.24, 2.45) is 0 Å². The van der Waals surface area contributed by atoms with Crippen LogP contribution in [0.1, 0.15) is 11.3 Å². The molecular formula is C13H13FN2O. The van der Waals surface area contributed by atoms with Gasteiger partial charge in [-0.05, 0) is 49.7 Å². The number of aryl methyl sites for hydroxylation is 2. The lowest BCUT2D eigenvalue weighted by atomic mass is 10.2. The fourth-order valence-electron chi connectivity index (χ4n) is 1.82. The van der Waals surface area contributed by atoms with E-state index < -0.39 is 0 Å². The van der Waals surface area contributed by atoms with Crippen molar-refractivity contribution in [2.75, 3.05) is 5.73 Å². The fraction of sp³-hybridized carbons (Fsp3) is 0.154. The molecule has 0 amide bonds. The molecule has 1 aromatic carbocycles. The van der Waals surface area contributed by atoms with Gasteiger partial charge in [-0.1, -0.05) is 0 Å². The summed E-state index contributed by atoms with van der Waals surface area (Å²) in [6, 6.07) is 7.58. The molecule has 0 saturated carbocycles. The minimum Gasteiger partial charge on any atom is -0.394 e. The molecule has 0 unspecified atom stereocenters. The Morgan fingerprint density at radius 1 is 1.18 bits per heavy atom. The van der Waals surface area contributed by atoms with Crippen molar-refractivity contribution in [1.29, 1.82) is 0 Å². The fourth-order valence-corrected chi connectivity index (χ4v) is 1.82. The monoisotopic (exact) mass is 232 g/mol. The van der Waals surface area contributed by atoms with E-state index in [0.29, 0.717) is 5.69 Å². The van der Waals surface area contributed by atoms with Crippen molar-refractivity contribution in [3.8, 4) is 5.69 Å². The Hall–Kier alpha value is -2.10. The molecule has 3 nitrogen and oxygen atoms in total. The minimum atomic E-state index is -0.334. The lowest BCUT2D eigenvalue weighted by molar-refractivity contribution is 0.627. The molecule has 2 rings (SSSR count). The number of hydrogen-bond donors (Lipinski definition) is 1. The van der Waals surface area contributed by atoms with Gasteiger partial charge in [0.2, 0.25) is 0 Å². The van der Waals surface area contributed by atoms with Gasteiger partial charge >= 0.3 is 0 Å². The van der Waals surface area contributed by atoms with Crippen molar-refractivity contribution >= 4 is 5.69 Å². The standard InChI is InChI=1S/C13H13FN2O/c1-8-7-9(2)16(13(17)12(8)15)11-5-3-10(14)4-6-11/h3-7H,15H2,1-2H3. The van der Waals surface area contributed by atoms with Crippen molar-refractivity contribution in [3.63, 3.8) is 0 Å². The van der Waals surface area contributed by atoms with Crippen LogP contribution in [-0.2, 0) is 0 Å². The maximum atomic E-state index is 12.8. The summed E-state index contributed by atoms with van der Waals surface area (Å²) in [7, 11) is 0. The molecule has 0 bridgehead atoms. The number of anilines is 1. The summed E-state index contributed by atoms with van der Waals surface area (Å²) in [6.45, 7) is 3.61. The predicted octanol–water partition coefficient (Wildman–Crippen LogP) is 2.18. The maximum Gasteiger partial charge on any atom is 0.278 e. The number of hydrogen-bond acceptors (Lipinski definition) is 2. The van der Waals surface area contributed by atoms with Crippen LogP contribution in [0.3, 0.4) is 0 Å². The van der Waals surface area contributed by atoms with Crippen LogP contribution in [0.4, 0.5) is 10.1 Å². The Bertz CT molecular complexity index is 615. The van der Waals surface area contributed by atoms with Crippen molar-refractivity contribution < 1.29 is 4.39 Å². The zero-order valence-electron chi connectivity index (χ0n) is 9.70. The molecule has 1 heterocycles. The zero-order chi connectivity index (χ0) is 12.6. The maximum absolute atomic E-state index is 12.8. The summed E-state index contributed by atoms with van der Waals surface area (Å²) in [5, 5.41) is 0. The molecule has 2 aromatic rings. The lowest BCUT2D eigenvalue weighted by Crippen LogP contribution is -2.24. The second kappa shape index (κ2) is 4.05. The largest absolute Gasteiger partial charge is 0.394 e. The molecule has 0 radical (unpaired) electrons. The van der Waals surface area contributed by atoms with E-state index >= 15 is 0 Å². The summed E-state index contributed by atoms with van der Waals surface area (Å²) in [4.78, 5) is 12.0. The van der Waals surface area contributed by atoms with E-state index in [0.717, 1.165) is 11.3 Å². The third-order valence-corrected chi connectivity index (χ3v) is 2.72. The minimum absolute atomic E-state index is 0.222. The van der Waals surface area contributed by atoms with Crippen molar-refractivity contribution in [3.05, 3.63) is 57.8 Å². The topological polar surface area (TPSA) is 48.0 Å². The number of aromatic nitrogens is 1. The van der Waals surface area contributed by atoms with Crippen LogP contribution in [0.25, 0.3) is 5.69 Å². The van der Waals surface area contributed by atoms with E-state index in [1.165, 1.54) is 16.7 Å². The number of halogens is 1. The molecule has 2 N–H and O–H groups in total. The average molecular weight is 232 g/mol. The van der Waals surface area contributed by atoms with E-state index in [1.54, 1.807) is 19.1 Å². The van der Waals surface area contributed by atoms with Crippen LogP contribution >= 0.6 is 0 Å². The molecule has 4 heteroatoms. The molecule has 17 heavy (non-hydrogen) atoms. The number of nitrogens with zero attached hydrogens (tertiary/aromatic N) is 1. The Balaban J connectivity index is 2.72. The summed E-state index contributed by atoms with van der Waals surface area (Å²) in [5.41, 5.74) is 7.80. The average Bonchev–Trinajstić information content (AvgIpc) is 2.29. The highest BCUT2D eigenvalue weighted by Crippen LogP contribution is 2.13. The summed E-state index contributed by atoms with van der Waals surface area (Å²) in [6.07, 6.45) is 0. The second-order valence-electron chi connectivity index (χ2n) is 4.00. The van der Waals surface area contributed by atoms with E-state index in [-0.39, 0.29) is 17.1 Å². The first-order valence-corrected chi connectivity index (χ1v) is 5.25. The molecule has 0 fully saturated rings. The van der Waals surface area contributed by atoms with Gasteiger partial charge in [0, 0.05) is 11.4 Å². The van der Waals surface area contributed by atoms with Crippen LogP contribution < -0.4 is 11.3 Å². The first kappa shape index (κ1) is 11.4. The van der Waals surface area contributed by atoms with Crippen LogP contribution in [0.2, 0.25) is 0 Å². The molecule has 88 valence electrons. The molecule has 0 spiro atoms. The molecule has 0 atom stereocenters. The van der Waals surface area contributed by atoms with Crippen molar-refractivity contribution in [2.45, 2.75) is 13.8 Å². The molecule has 0 aliphatic carbocycles. The van der Waals surface area contributed by atoms with E-state index in [2.05, 4.69) is 0 Å². The SMILES string of the molecule is Cc1cc(C)n(-c2ccc(F)cc2)c(=O)c1N. The van der Waals surface area contributed by atoms with E-state index in [1.807, 2.05) is 13.0 Å². The van der Waals surface area contributed by atoms with Gasteiger partial charge in [0.05, 0.1) is 0 Å². The smallest absolute Gasteiger partial charge is 0.278 e. The first-order valence-electron chi connectivity index (χ1n) is 5.25. The highest BCUT2D eigenvalue weighted by molar-refractivity contribution is 5.48. The van der Waals surface area contributed by atoms with Crippen LogP contribution in [-0.4, -0.2) is 4.57 Å². The number of rotatable bonds is 1. The Morgan fingerprint density at radius 3 is 2.35 bits per heavy atom. The summed E-state index contributed by atoms with van der Waals surface area (Å²) >= 11 is 0. The quantitative estimate of drug-likeness (QED) is 0.819. The highest BCUT2D eigenvalue weighted by atomic mass is 19.1. The van der Waals surface area contributed by atoms with Gasteiger partial charge in [-0.3, -0.25) is 9.36 Å². The Labute approximate surface area is 98.3 Å². The van der Waals surface area contributed by atoms with Crippen LogP contribution in [0.5, 0.6) is 0 Å². The second-order valence-corrected chi connectivity index (χ2v) is 4.00. The zero-order valence-corrected chi connectivity index (χ0v) is 9.70. The van der Waals surface area contributed by atoms with Crippen LogP contribution in [0.15, 0.2) is 35.1 Å². The lowest BCUT2D eigenvalue weighted by Gasteiger charge is -2.12. The van der Waals surface area contributed by atoms with Gasteiger partial charge in [-0.15, -0.1) is 0 Å². The third-order valence-electron chi connectivity index (χ3n) is 2.72. The molecule has 0 aliphatic rings. The summed E-state index contributed by atoms with van der Waals surface area (Å²) < 4.78 is 14.3. The van der Waals surface area contributed by atoms with E-state index in [9.17, 15) is 9.18 Å². The predicted molar refractivity (Wildman–Crippen MR) is 65.9 cm³/mol. The molecule has 0 aliphatic heterocycles. The molecular weight excluding hydrogens is 219 g/mol. The van der Waals surface area contributed by atoms with Crippen molar-refractivity contribution in [1.82, 2.24) is 4.57 Å².